The van der Waals surface area contributed by atoms with Crippen molar-refractivity contribution in [2.45, 2.75) is 39.7 Å². The van der Waals surface area contributed by atoms with Crippen LogP contribution < -0.4 is 5.32 Å². The highest BCUT2D eigenvalue weighted by atomic mass is 79.9. The fourth-order valence-electron chi connectivity index (χ4n) is 1.62. The molecule has 4 nitrogen and oxygen atoms in total. The van der Waals surface area contributed by atoms with Crippen LogP contribution in [0, 0.1) is 0 Å². The summed E-state index contributed by atoms with van der Waals surface area (Å²) in [5, 5.41) is 2.69. The maximum absolute atomic E-state index is 11.5. The van der Waals surface area contributed by atoms with E-state index in [9.17, 15) is 9.59 Å². The molecule has 0 radical (unpaired) electrons. The van der Waals surface area contributed by atoms with Gasteiger partial charge in [0, 0.05) is 16.6 Å². The van der Waals surface area contributed by atoms with Gasteiger partial charge >= 0.3 is 6.09 Å². The summed E-state index contributed by atoms with van der Waals surface area (Å²) in [4.78, 5) is 22.9. The molecule has 1 rings (SSSR count). The number of Topliss-reactive ketones (excluding diaryl/α,β-unsaturated/α-hetero) is 1. The number of ketones is 1. The largest absolute Gasteiger partial charge is 0.444 e. The SMILES string of the molecule is CC(=O)c1cc(Br)cc(CCNC(=O)OC(C)(C)C)c1. The highest BCUT2D eigenvalue weighted by Gasteiger charge is 2.15. The lowest BCUT2D eigenvalue weighted by molar-refractivity contribution is 0.0528. The van der Waals surface area contributed by atoms with Gasteiger partial charge in [0.05, 0.1) is 0 Å². The number of alkyl carbamates (subject to hydrolysis) is 1. The maximum Gasteiger partial charge on any atom is 0.407 e. The summed E-state index contributed by atoms with van der Waals surface area (Å²) in [5.74, 6) is 0.0210. The number of hydrogen-bond donors (Lipinski definition) is 1. The Morgan fingerprint density at radius 2 is 1.90 bits per heavy atom. The van der Waals surface area contributed by atoms with Crippen LogP contribution in [0.15, 0.2) is 22.7 Å². The predicted molar refractivity (Wildman–Crippen MR) is 82.1 cm³/mol. The molecule has 0 saturated heterocycles. The number of nitrogens with one attached hydrogen (secondary N) is 1. The van der Waals surface area contributed by atoms with Crippen LogP contribution >= 0.6 is 15.9 Å². The lowest BCUT2D eigenvalue weighted by Crippen LogP contribution is -2.33. The van der Waals surface area contributed by atoms with Crippen molar-refractivity contribution in [2.24, 2.45) is 0 Å². The van der Waals surface area contributed by atoms with E-state index in [1.165, 1.54) is 6.92 Å². The predicted octanol–water partition coefficient (Wildman–Crippen LogP) is 3.72. The number of ether oxygens (including phenoxy) is 1. The van der Waals surface area contributed by atoms with E-state index in [0.717, 1.165) is 10.0 Å². The second-order valence-electron chi connectivity index (χ2n) is 5.58. The van der Waals surface area contributed by atoms with Gasteiger partial charge in [0.15, 0.2) is 5.78 Å². The Morgan fingerprint density at radius 1 is 1.25 bits per heavy atom. The summed E-state index contributed by atoms with van der Waals surface area (Å²) in [6, 6.07) is 5.56. The molecule has 1 N–H and O–H groups in total. The van der Waals surface area contributed by atoms with E-state index in [-0.39, 0.29) is 5.78 Å². The van der Waals surface area contributed by atoms with E-state index in [1.54, 1.807) is 6.07 Å². The van der Waals surface area contributed by atoms with Crippen LogP contribution in [0.2, 0.25) is 0 Å². The van der Waals surface area contributed by atoms with Crippen molar-refractivity contribution in [3.8, 4) is 0 Å². The van der Waals surface area contributed by atoms with Gasteiger partial charge < -0.3 is 10.1 Å². The van der Waals surface area contributed by atoms with E-state index in [1.807, 2.05) is 32.9 Å². The molecule has 0 saturated carbocycles. The van der Waals surface area contributed by atoms with Gasteiger partial charge in [-0.05, 0) is 57.9 Å². The van der Waals surface area contributed by atoms with Crippen molar-refractivity contribution in [3.05, 3.63) is 33.8 Å². The zero-order valence-corrected chi connectivity index (χ0v) is 13.8. The topological polar surface area (TPSA) is 55.4 Å². The molecule has 0 aliphatic heterocycles. The van der Waals surface area contributed by atoms with E-state index < -0.39 is 11.7 Å². The number of hydrogen-bond acceptors (Lipinski definition) is 3. The Morgan fingerprint density at radius 3 is 2.45 bits per heavy atom. The first-order valence-electron chi connectivity index (χ1n) is 6.44. The van der Waals surface area contributed by atoms with Crippen LogP contribution in [0.1, 0.15) is 43.6 Å². The van der Waals surface area contributed by atoms with E-state index in [0.29, 0.717) is 18.5 Å². The summed E-state index contributed by atoms with van der Waals surface area (Å²) in [7, 11) is 0. The summed E-state index contributed by atoms with van der Waals surface area (Å²) in [6.07, 6.45) is 0.207. The first-order valence-corrected chi connectivity index (χ1v) is 7.24. The molecule has 1 aromatic carbocycles. The van der Waals surface area contributed by atoms with Crippen LogP contribution in [0.5, 0.6) is 0 Å². The Hall–Kier alpha value is -1.36. The minimum absolute atomic E-state index is 0.0210. The van der Waals surface area contributed by atoms with Crippen LogP contribution in [-0.4, -0.2) is 24.0 Å². The van der Waals surface area contributed by atoms with Crippen molar-refractivity contribution in [1.82, 2.24) is 5.32 Å². The lowest BCUT2D eigenvalue weighted by atomic mass is 10.1. The van der Waals surface area contributed by atoms with Crippen molar-refractivity contribution >= 4 is 27.8 Å². The monoisotopic (exact) mass is 341 g/mol. The summed E-state index contributed by atoms with van der Waals surface area (Å²) in [6.45, 7) is 7.45. The molecule has 0 unspecified atom stereocenters. The molecule has 0 fully saturated rings. The average Bonchev–Trinajstić information content (AvgIpc) is 2.25. The van der Waals surface area contributed by atoms with Gasteiger partial charge in [0.1, 0.15) is 5.60 Å². The van der Waals surface area contributed by atoms with E-state index >= 15 is 0 Å². The molecule has 0 aliphatic rings. The Balaban J connectivity index is 2.54. The van der Waals surface area contributed by atoms with Crippen LogP contribution in [0.3, 0.4) is 0 Å². The van der Waals surface area contributed by atoms with Gasteiger partial charge in [-0.1, -0.05) is 15.9 Å². The van der Waals surface area contributed by atoms with Crippen LogP contribution in [0.4, 0.5) is 4.79 Å². The molecule has 0 spiro atoms. The number of halogens is 1. The Labute approximate surface area is 128 Å². The van der Waals surface area contributed by atoms with Gasteiger partial charge in [-0.25, -0.2) is 4.79 Å². The molecule has 0 aromatic heterocycles. The van der Waals surface area contributed by atoms with Crippen molar-refractivity contribution in [3.63, 3.8) is 0 Å². The third-order valence-corrected chi connectivity index (χ3v) is 2.90. The maximum atomic E-state index is 11.5. The second kappa shape index (κ2) is 6.88. The molecule has 0 aliphatic carbocycles. The Kier molecular flexibility index (Phi) is 5.74. The molecule has 1 amide bonds. The fourth-order valence-corrected chi connectivity index (χ4v) is 2.16. The highest BCUT2D eigenvalue weighted by Crippen LogP contribution is 2.16. The van der Waals surface area contributed by atoms with E-state index in [2.05, 4.69) is 21.2 Å². The number of carbonyl (C=O) groups excluding carboxylic acids is 2. The minimum Gasteiger partial charge on any atom is -0.444 e. The van der Waals surface area contributed by atoms with Crippen molar-refractivity contribution in [2.75, 3.05) is 6.54 Å². The van der Waals surface area contributed by atoms with Crippen molar-refractivity contribution in [1.29, 1.82) is 0 Å². The second-order valence-corrected chi connectivity index (χ2v) is 6.50. The number of amides is 1. The van der Waals surface area contributed by atoms with E-state index in [4.69, 9.17) is 4.74 Å². The standard InChI is InChI=1S/C15H20BrNO3/c1-10(18)12-7-11(8-13(16)9-12)5-6-17-14(19)20-15(2,3)4/h7-9H,5-6H2,1-4H3,(H,17,19). The third-order valence-electron chi connectivity index (χ3n) is 2.45. The van der Waals surface area contributed by atoms with Crippen LogP contribution in [0.25, 0.3) is 0 Å². The number of benzene rings is 1. The molecule has 5 heteroatoms. The van der Waals surface area contributed by atoms with Gasteiger partial charge in [-0.3, -0.25) is 4.79 Å². The fraction of sp³-hybridized carbons (Fsp3) is 0.467. The molecule has 0 atom stereocenters. The molecular formula is C15H20BrNO3. The Bertz CT molecular complexity index is 506. The molecular weight excluding hydrogens is 322 g/mol. The molecule has 110 valence electrons. The number of carbonyl (C=O) groups is 2. The molecule has 1 aromatic rings. The smallest absolute Gasteiger partial charge is 0.407 e. The summed E-state index contributed by atoms with van der Waals surface area (Å²) >= 11 is 3.38. The molecule has 0 heterocycles. The molecule has 0 bridgehead atoms. The first kappa shape index (κ1) is 16.7. The summed E-state index contributed by atoms with van der Waals surface area (Å²) in [5.41, 5.74) is 1.15. The highest BCUT2D eigenvalue weighted by molar-refractivity contribution is 9.10. The van der Waals surface area contributed by atoms with Crippen LogP contribution in [-0.2, 0) is 11.2 Å². The third kappa shape index (κ3) is 6.19. The van der Waals surface area contributed by atoms with Gasteiger partial charge in [0.25, 0.3) is 0 Å². The van der Waals surface area contributed by atoms with Crippen molar-refractivity contribution < 1.29 is 14.3 Å². The minimum atomic E-state index is -0.498. The zero-order valence-electron chi connectivity index (χ0n) is 12.2. The number of rotatable bonds is 4. The van der Waals surface area contributed by atoms with Gasteiger partial charge in [0.2, 0.25) is 0 Å². The van der Waals surface area contributed by atoms with Gasteiger partial charge in [-0.15, -0.1) is 0 Å². The zero-order chi connectivity index (χ0) is 15.3. The average molecular weight is 342 g/mol. The molecule has 20 heavy (non-hydrogen) atoms. The van der Waals surface area contributed by atoms with Gasteiger partial charge in [-0.2, -0.15) is 0 Å². The quantitative estimate of drug-likeness (QED) is 0.849. The lowest BCUT2D eigenvalue weighted by Gasteiger charge is -2.19. The first-order chi connectivity index (χ1) is 9.17. The normalized spacial score (nSPS) is 11.1. The summed E-state index contributed by atoms with van der Waals surface area (Å²) < 4.78 is 6.01.